The minimum Gasteiger partial charge on any atom is -0.375 e. The molecule has 0 fully saturated rings. The number of rotatable bonds is 3. The quantitative estimate of drug-likeness (QED) is 0.854. The van der Waals surface area contributed by atoms with Crippen LogP contribution in [0.3, 0.4) is 0 Å². The average molecular weight is 255 g/mol. The van der Waals surface area contributed by atoms with Crippen molar-refractivity contribution in [2.24, 2.45) is 7.05 Å². The van der Waals surface area contributed by atoms with E-state index in [-0.39, 0.29) is 11.7 Å². The summed E-state index contributed by atoms with van der Waals surface area (Å²) in [5.41, 5.74) is 0.168. The molecule has 3 nitrogen and oxygen atoms in total. The molecule has 0 aliphatic rings. The van der Waals surface area contributed by atoms with Gasteiger partial charge in [0.15, 0.2) is 17.5 Å². The van der Waals surface area contributed by atoms with E-state index in [4.69, 9.17) is 0 Å². The van der Waals surface area contributed by atoms with Crippen molar-refractivity contribution < 1.29 is 13.2 Å². The minimum atomic E-state index is -1.47. The van der Waals surface area contributed by atoms with Crippen molar-refractivity contribution in [3.8, 4) is 0 Å². The van der Waals surface area contributed by atoms with Gasteiger partial charge in [-0.25, -0.2) is 18.2 Å². The van der Waals surface area contributed by atoms with Crippen LogP contribution in [-0.2, 0) is 7.05 Å². The van der Waals surface area contributed by atoms with Crippen LogP contribution in [0.15, 0.2) is 24.5 Å². The molecule has 96 valence electrons. The molecule has 0 bridgehead atoms. The lowest BCUT2D eigenvalue weighted by molar-refractivity contribution is 0.447. The van der Waals surface area contributed by atoms with Crippen LogP contribution in [-0.4, -0.2) is 9.55 Å². The summed E-state index contributed by atoms with van der Waals surface area (Å²) in [6, 6.07) is 1.57. The predicted molar refractivity (Wildman–Crippen MR) is 61.6 cm³/mol. The Morgan fingerprint density at radius 1 is 1.22 bits per heavy atom. The fourth-order valence-electron chi connectivity index (χ4n) is 1.75. The third kappa shape index (κ3) is 2.32. The van der Waals surface area contributed by atoms with Gasteiger partial charge in [-0.2, -0.15) is 0 Å². The Morgan fingerprint density at radius 2 is 1.83 bits per heavy atom. The first-order valence-electron chi connectivity index (χ1n) is 5.37. The number of benzene rings is 1. The number of aromatic nitrogens is 2. The maximum absolute atomic E-state index is 13.0. The van der Waals surface area contributed by atoms with Crippen molar-refractivity contribution in [2.75, 3.05) is 5.32 Å². The van der Waals surface area contributed by atoms with Crippen molar-refractivity contribution >= 4 is 5.69 Å². The zero-order valence-corrected chi connectivity index (χ0v) is 9.92. The number of hydrogen-bond donors (Lipinski definition) is 1. The lowest BCUT2D eigenvalue weighted by Gasteiger charge is -2.15. The molecule has 0 amide bonds. The van der Waals surface area contributed by atoms with Gasteiger partial charge in [0.05, 0.1) is 6.04 Å². The highest BCUT2D eigenvalue weighted by atomic mass is 19.2. The fraction of sp³-hybridized carbons (Fsp3) is 0.250. The van der Waals surface area contributed by atoms with Gasteiger partial charge in [0.2, 0.25) is 0 Å². The highest BCUT2D eigenvalue weighted by Crippen LogP contribution is 2.21. The van der Waals surface area contributed by atoms with Gasteiger partial charge in [-0.1, -0.05) is 0 Å². The van der Waals surface area contributed by atoms with Crippen LogP contribution in [0.25, 0.3) is 0 Å². The molecule has 1 aromatic heterocycles. The summed E-state index contributed by atoms with van der Waals surface area (Å²) in [6.07, 6.45) is 3.39. The van der Waals surface area contributed by atoms with Gasteiger partial charge >= 0.3 is 0 Å². The van der Waals surface area contributed by atoms with Crippen molar-refractivity contribution in [1.82, 2.24) is 9.55 Å². The summed E-state index contributed by atoms with van der Waals surface area (Å²) >= 11 is 0. The second-order valence-electron chi connectivity index (χ2n) is 4.02. The molecule has 2 aromatic rings. The van der Waals surface area contributed by atoms with Crippen molar-refractivity contribution in [3.05, 3.63) is 47.8 Å². The van der Waals surface area contributed by atoms with Gasteiger partial charge in [-0.15, -0.1) is 0 Å². The van der Waals surface area contributed by atoms with E-state index in [0.717, 1.165) is 12.1 Å². The van der Waals surface area contributed by atoms with Gasteiger partial charge in [-0.05, 0) is 6.92 Å². The van der Waals surface area contributed by atoms with E-state index in [1.54, 1.807) is 23.9 Å². The second kappa shape index (κ2) is 4.72. The fourth-order valence-corrected chi connectivity index (χ4v) is 1.75. The van der Waals surface area contributed by atoms with Crippen LogP contribution in [0.1, 0.15) is 18.8 Å². The zero-order chi connectivity index (χ0) is 13.3. The summed E-state index contributed by atoms with van der Waals surface area (Å²) in [7, 11) is 1.81. The van der Waals surface area contributed by atoms with Crippen LogP contribution in [0.2, 0.25) is 0 Å². The Hall–Kier alpha value is -1.98. The van der Waals surface area contributed by atoms with Crippen molar-refractivity contribution in [2.45, 2.75) is 13.0 Å². The maximum Gasteiger partial charge on any atom is 0.194 e. The molecule has 0 saturated heterocycles. The molecule has 0 aliphatic carbocycles. The third-order valence-electron chi connectivity index (χ3n) is 2.61. The molecule has 18 heavy (non-hydrogen) atoms. The van der Waals surface area contributed by atoms with Gasteiger partial charge in [0.25, 0.3) is 0 Å². The number of halogens is 3. The van der Waals surface area contributed by atoms with Crippen LogP contribution in [0.5, 0.6) is 0 Å². The molecule has 2 rings (SSSR count). The monoisotopic (exact) mass is 255 g/mol. The first kappa shape index (κ1) is 12.5. The molecular weight excluding hydrogens is 243 g/mol. The van der Waals surface area contributed by atoms with Gasteiger partial charge in [0, 0.05) is 37.3 Å². The van der Waals surface area contributed by atoms with Crippen molar-refractivity contribution in [1.29, 1.82) is 0 Å². The summed E-state index contributed by atoms with van der Waals surface area (Å²) in [4.78, 5) is 4.11. The van der Waals surface area contributed by atoms with Gasteiger partial charge in [0.1, 0.15) is 5.82 Å². The highest BCUT2D eigenvalue weighted by molar-refractivity contribution is 5.45. The molecule has 1 unspecified atom stereocenters. The third-order valence-corrected chi connectivity index (χ3v) is 2.61. The number of aryl methyl sites for hydroxylation is 1. The number of anilines is 1. The standard InChI is InChI=1S/C12H12F3N3/c1-7(12-16-3-4-18(12)2)17-8-5-9(13)11(15)10(14)6-8/h3-7,17H,1-2H3. The van der Waals surface area contributed by atoms with Gasteiger partial charge < -0.3 is 9.88 Å². The smallest absolute Gasteiger partial charge is 0.194 e. The summed E-state index contributed by atoms with van der Waals surface area (Å²) in [6.45, 7) is 1.79. The number of nitrogens with zero attached hydrogens (tertiary/aromatic N) is 2. The molecule has 0 spiro atoms. The zero-order valence-electron chi connectivity index (χ0n) is 9.92. The van der Waals surface area contributed by atoms with Gasteiger partial charge in [-0.3, -0.25) is 0 Å². The average Bonchev–Trinajstić information content (AvgIpc) is 2.72. The summed E-state index contributed by atoms with van der Waals surface area (Å²) in [5, 5.41) is 2.86. The largest absolute Gasteiger partial charge is 0.375 e. The Bertz CT molecular complexity index is 542. The normalized spacial score (nSPS) is 12.5. The van der Waals surface area contributed by atoms with E-state index in [9.17, 15) is 13.2 Å². The summed E-state index contributed by atoms with van der Waals surface area (Å²) < 4.78 is 40.6. The van der Waals surface area contributed by atoms with Crippen molar-refractivity contribution in [3.63, 3.8) is 0 Å². The Labute approximate surface area is 102 Å². The minimum absolute atomic E-state index is 0.168. The molecule has 1 aromatic carbocycles. The number of imidazole rings is 1. The topological polar surface area (TPSA) is 29.9 Å². The van der Waals surface area contributed by atoms with E-state index in [2.05, 4.69) is 10.3 Å². The maximum atomic E-state index is 13.0. The second-order valence-corrected chi connectivity index (χ2v) is 4.02. The Morgan fingerprint density at radius 3 is 2.33 bits per heavy atom. The van der Waals surface area contributed by atoms with Crippen LogP contribution in [0, 0.1) is 17.5 Å². The molecule has 0 aliphatic heterocycles. The molecule has 1 heterocycles. The molecule has 1 N–H and O–H groups in total. The Kier molecular flexibility index (Phi) is 3.27. The van der Waals surface area contributed by atoms with E-state index >= 15 is 0 Å². The van der Waals surface area contributed by atoms with Crippen LogP contribution in [0.4, 0.5) is 18.9 Å². The molecule has 0 saturated carbocycles. The predicted octanol–water partition coefficient (Wildman–Crippen LogP) is 3.01. The summed E-state index contributed by atoms with van der Waals surface area (Å²) in [5.74, 6) is -3.19. The molecule has 0 radical (unpaired) electrons. The SMILES string of the molecule is CC(Nc1cc(F)c(F)c(F)c1)c1nccn1C. The Balaban J connectivity index is 2.22. The van der Waals surface area contributed by atoms with Crippen LogP contribution < -0.4 is 5.32 Å². The van der Waals surface area contributed by atoms with E-state index in [1.807, 2.05) is 7.05 Å². The van der Waals surface area contributed by atoms with E-state index in [1.165, 1.54) is 0 Å². The first-order valence-corrected chi connectivity index (χ1v) is 5.37. The van der Waals surface area contributed by atoms with E-state index in [0.29, 0.717) is 5.82 Å². The van der Waals surface area contributed by atoms with Crippen LogP contribution >= 0.6 is 0 Å². The highest BCUT2D eigenvalue weighted by Gasteiger charge is 2.14. The van der Waals surface area contributed by atoms with E-state index < -0.39 is 17.5 Å². The number of nitrogens with one attached hydrogen (secondary N) is 1. The lowest BCUT2D eigenvalue weighted by Crippen LogP contribution is -2.12. The molecule has 6 heteroatoms. The lowest BCUT2D eigenvalue weighted by atomic mass is 10.2. The first-order chi connectivity index (χ1) is 8.49. The molecule has 1 atom stereocenters. The number of hydrogen-bond acceptors (Lipinski definition) is 2. The molecular formula is C12H12F3N3.